The third-order valence-corrected chi connectivity index (χ3v) is 4.89. The number of aromatic carboxylic acids is 1. The number of alkyl halides is 3. The van der Waals surface area contributed by atoms with Crippen LogP contribution in [0.1, 0.15) is 39.2 Å². The van der Waals surface area contributed by atoms with E-state index in [4.69, 9.17) is 27.5 Å². The minimum Gasteiger partial charge on any atom is -0.478 e. The van der Waals surface area contributed by atoms with Crippen LogP contribution in [0.2, 0.25) is 5.02 Å². The Kier molecular flexibility index (Phi) is 7.83. The van der Waals surface area contributed by atoms with Crippen LogP contribution in [0.25, 0.3) is 10.8 Å². The average molecular weight is 489 g/mol. The lowest BCUT2D eigenvalue weighted by atomic mass is 10.1. The first kappa shape index (κ1) is 25.8. The number of carbonyl (C=O) groups is 2. The summed E-state index contributed by atoms with van der Waals surface area (Å²) in [6.07, 6.45) is -3.30. The van der Waals surface area contributed by atoms with E-state index in [1.54, 1.807) is 6.92 Å². The second kappa shape index (κ2) is 10.0. The van der Waals surface area contributed by atoms with Gasteiger partial charge in [0.1, 0.15) is 5.82 Å². The van der Waals surface area contributed by atoms with Crippen molar-refractivity contribution < 1.29 is 37.4 Å². The zero-order chi connectivity index (χ0) is 25.1. The summed E-state index contributed by atoms with van der Waals surface area (Å²) < 4.78 is 50.2. The molecule has 7 nitrogen and oxygen atoms in total. The highest BCUT2D eigenvalue weighted by Crippen LogP contribution is 2.31. The van der Waals surface area contributed by atoms with Gasteiger partial charge in [-0.25, -0.2) is 9.18 Å². The Labute approximate surface area is 188 Å². The molecule has 0 saturated carbocycles. The fourth-order valence-electron chi connectivity index (χ4n) is 2.86. The molecule has 33 heavy (non-hydrogen) atoms. The van der Waals surface area contributed by atoms with Crippen LogP contribution >= 0.6 is 11.6 Å². The fraction of sp³-hybridized carbons (Fsp3) is 0.190. The number of aromatic nitrogens is 1. The largest absolute Gasteiger partial charge is 0.478 e. The number of primary amides is 1. The average Bonchev–Trinajstić information content (AvgIpc) is 2.72. The molecule has 0 radical (unpaired) electrons. The van der Waals surface area contributed by atoms with Crippen molar-refractivity contribution in [2.75, 3.05) is 6.61 Å². The predicted octanol–water partition coefficient (Wildman–Crippen LogP) is 3.85. The summed E-state index contributed by atoms with van der Waals surface area (Å²) in [5, 5.41) is 18.9. The molecule has 0 saturated heterocycles. The number of nitrogens with zero attached hydrogens (tertiary/aromatic N) is 1. The van der Waals surface area contributed by atoms with Crippen LogP contribution in [0.5, 0.6) is 0 Å². The lowest BCUT2D eigenvalue weighted by molar-refractivity contribution is -0.140. The second-order valence-corrected chi connectivity index (χ2v) is 7.21. The van der Waals surface area contributed by atoms with E-state index in [2.05, 4.69) is 0 Å². The summed E-state index contributed by atoms with van der Waals surface area (Å²) in [6.45, 7) is 1.52. The normalized spacial score (nSPS) is 12.1. The number of carbonyl (C=O) groups excluding carboxylic acids is 1. The number of aliphatic hydroxyl groups is 1. The lowest BCUT2D eigenvalue weighted by Crippen LogP contribution is -2.25. The molecule has 0 spiro atoms. The molecule has 0 fully saturated rings. The van der Waals surface area contributed by atoms with Crippen LogP contribution in [0.4, 0.5) is 17.6 Å². The zero-order valence-electron chi connectivity index (χ0n) is 16.9. The number of hydrogen-bond donors (Lipinski definition) is 3. The quantitative estimate of drug-likeness (QED) is 0.481. The molecule has 1 amide bonds. The molecular formula is C21H17ClF4N2O5. The van der Waals surface area contributed by atoms with Crippen LogP contribution in [-0.4, -0.2) is 33.3 Å². The van der Waals surface area contributed by atoms with Crippen molar-refractivity contribution in [3.8, 4) is 0 Å². The Morgan fingerprint density at radius 1 is 1.15 bits per heavy atom. The first-order chi connectivity index (χ1) is 15.3. The first-order valence-corrected chi connectivity index (χ1v) is 9.51. The van der Waals surface area contributed by atoms with E-state index in [9.17, 15) is 31.9 Å². The number of nitrogens with two attached hydrogens (primary N) is 1. The third-order valence-electron chi connectivity index (χ3n) is 4.57. The number of rotatable bonds is 4. The number of pyridine rings is 1. The van der Waals surface area contributed by atoms with Crippen molar-refractivity contribution >= 4 is 34.2 Å². The van der Waals surface area contributed by atoms with Crippen LogP contribution in [-0.2, 0) is 6.18 Å². The van der Waals surface area contributed by atoms with E-state index < -0.39 is 29.4 Å². The van der Waals surface area contributed by atoms with Gasteiger partial charge in [-0.15, -0.1) is 0 Å². The highest BCUT2D eigenvalue weighted by molar-refractivity contribution is 6.35. The molecule has 1 atom stereocenters. The Balaban J connectivity index is 0.000000245. The Hall–Kier alpha value is -3.44. The van der Waals surface area contributed by atoms with Gasteiger partial charge in [0, 0.05) is 22.5 Å². The van der Waals surface area contributed by atoms with Gasteiger partial charge < -0.3 is 20.5 Å². The number of aliphatic hydroxyl groups excluding tert-OH is 1. The molecule has 1 aromatic heterocycles. The molecule has 0 bridgehead atoms. The van der Waals surface area contributed by atoms with Crippen LogP contribution in [0.15, 0.2) is 47.4 Å². The predicted molar refractivity (Wildman–Crippen MR) is 112 cm³/mol. The monoisotopic (exact) mass is 488 g/mol. The standard InChI is InChI=1S/C13H12ClNO4.C8H5F4NO/c1-7(6-16)15-5-4-8-9(12(15)17)2-3-10(14)11(8)13(18)19;9-6-3-4(7(13)14)1-2-5(6)8(10,11)12/h2-5,7,16H,6H2,1H3,(H,18,19);1-3H,(H2,13,14)/t7-;/m1./s1. The van der Waals surface area contributed by atoms with Crippen molar-refractivity contribution in [3.63, 3.8) is 0 Å². The molecule has 12 heteroatoms. The third kappa shape index (κ3) is 5.68. The van der Waals surface area contributed by atoms with Crippen LogP contribution < -0.4 is 11.3 Å². The summed E-state index contributed by atoms with van der Waals surface area (Å²) in [5.41, 5.74) is 2.61. The first-order valence-electron chi connectivity index (χ1n) is 9.13. The number of fused-ring (bicyclic) bond motifs is 1. The van der Waals surface area contributed by atoms with Gasteiger partial charge in [-0.05, 0) is 43.3 Å². The highest BCUT2D eigenvalue weighted by atomic mass is 35.5. The van der Waals surface area contributed by atoms with E-state index in [1.807, 2.05) is 0 Å². The van der Waals surface area contributed by atoms with Crippen molar-refractivity contribution in [2.45, 2.75) is 19.1 Å². The Morgan fingerprint density at radius 3 is 2.27 bits per heavy atom. The minimum absolute atomic E-state index is 0.0833. The highest BCUT2D eigenvalue weighted by Gasteiger charge is 2.34. The molecule has 1 heterocycles. The number of hydrogen-bond acceptors (Lipinski definition) is 4. The molecule has 176 valence electrons. The lowest BCUT2D eigenvalue weighted by Gasteiger charge is -2.13. The smallest absolute Gasteiger partial charge is 0.419 e. The topological polar surface area (TPSA) is 123 Å². The van der Waals surface area contributed by atoms with Gasteiger partial charge >= 0.3 is 12.1 Å². The van der Waals surface area contributed by atoms with Crippen molar-refractivity contribution in [1.82, 2.24) is 4.57 Å². The Bertz CT molecular complexity index is 1270. The number of halogens is 5. The van der Waals surface area contributed by atoms with Gasteiger partial charge in [-0.1, -0.05) is 11.6 Å². The summed E-state index contributed by atoms with van der Waals surface area (Å²) >= 11 is 5.85. The van der Waals surface area contributed by atoms with Crippen molar-refractivity contribution in [3.05, 3.63) is 80.5 Å². The molecule has 0 aliphatic heterocycles. The van der Waals surface area contributed by atoms with Crippen molar-refractivity contribution in [2.24, 2.45) is 5.73 Å². The van der Waals surface area contributed by atoms with Gasteiger partial charge in [-0.3, -0.25) is 9.59 Å². The minimum atomic E-state index is -4.76. The molecule has 3 rings (SSSR count). The maximum Gasteiger partial charge on any atom is 0.419 e. The number of benzene rings is 2. The molecule has 3 aromatic rings. The summed E-state index contributed by atoms with van der Waals surface area (Å²) in [6, 6.07) is 5.81. The zero-order valence-corrected chi connectivity index (χ0v) is 17.6. The summed E-state index contributed by atoms with van der Waals surface area (Å²) in [4.78, 5) is 33.9. The van der Waals surface area contributed by atoms with E-state index in [1.165, 1.54) is 29.0 Å². The van der Waals surface area contributed by atoms with Crippen LogP contribution in [0, 0.1) is 5.82 Å². The van der Waals surface area contributed by atoms with E-state index in [0.717, 1.165) is 6.07 Å². The molecule has 2 aromatic carbocycles. The van der Waals surface area contributed by atoms with Gasteiger partial charge in [-0.2, -0.15) is 13.2 Å². The Morgan fingerprint density at radius 2 is 1.79 bits per heavy atom. The van der Waals surface area contributed by atoms with Gasteiger partial charge in [0.05, 0.1) is 28.8 Å². The van der Waals surface area contributed by atoms with Crippen LogP contribution in [0.3, 0.4) is 0 Å². The number of carboxylic acid groups (broad SMARTS) is 1. The van der Waals surface area contributed by atoms with Gasteiger partial charge in [0.15, 0.2) is 0 Å². The summed E-state index contributed by atoms with van der Waals surface area (Å²) in [5.74, 6) is -3.66. The maximum absolute atomic E-state index is 12.8. The second-order valence-electron chi connectivity index (χ2n) is 6.81. The van der Waals surface area contributed by atoms with E-state index in [0.29, 0.717) is 17.5 Å². The number of amides is 1. The summed E-state index contributed by atoms with van der Waals surface area (Å²) in [7, 11) is 0. The molecular weight excluding hydrogens is 472 g/mol. The van der Waals surface area contributed by atoms with Gasteiger partial charge in [0.25, 0.3) is 5.56 Å². The molecule has 0 aliphatic rings. The molecule has 0 aliphatic carbocycles. The maximum atomic E-state index is 12.8. The SMILES string of the molecule is C[C@H](CO)n1ccc2c(C(=O)O)c(Cl)ccc2c1=O.NC(=O)c1ccc(C(F)(F)F)c(F)c1. The number of carboxylic acids is 1. The molecule has 0 unspecified atom stereocenters. The van der Waals surface area contributed by atoms with E-state index >= 15 is 0 Å². The van der Waals surface area contributed by atoms with Gasteiger partial charge in [0.2, 0.25) is 5.91 Å². The molecule has 4 N–H and O–H groups in total. The van der Waals surface area contributed by atoms with E-state index in [-0.39, 0.29) is 39.7 Å². The van der Waals surface area contributed by atoms with Crippen molar-refractivity contribution in [1.29, 1.82) is 0 Å². The fourth-order valence-corrected chi connectivity index (χ4v) is 3.11.